The molecule has 0 aliphatic heterocycles. The van der Waals surface area contributed by atoms with Crippen molar-refractivity contribution >= 4 is 0 Å². The van der Waals surface area contributed by atoms with Crippen LogP contribution in [0, 0.1) is 19.7 Å². The minimum absolute atomic E-state index is 0.236. The summed E-state index contributed by atoms with van der Waals surface area (Å²) >= 11 is 0. The molecule has 0 bridgehead atoms. The van der Waals surface area contributed by atoms with Crippen LogP contribution in [0.15, 0.2) is 12.1 Å². The average molecular weight is 180 g/mol. The van der Waals surface area contributed by atoms with Crippen molar-refractivity contribution < 1.29 is 9.50 Å². The summed E-state index contributed by atoms with van der Waals surface area (Å²) < 4.78 is 13.6. The van der Waals surface area contributed by atoms with E-state index in [2.05, 4.69) is 0 Å². The molecule has 1 N–H and O–H groups in total. The predicted octanol–water partition coefficient (Wildman–Crippen LogP) is 2.42. The van der Waals surface area contributed by atoms with Gasteiger partial charge in [-0.1, -0.05) is 12.1 Å². The molecule has 1 aromatic rings. The van der Waals surface area contributed by atoms with E-state index in [1.54, 1.807) is 13.0 Å². The van der Waals surface area contributed by atoms with Crippen LogP contribution in [-0.2, 0) is 5.60 Å². The first-order valence-corrected chi connectivity index (χ1v) is 4.53. The van der Waals surface area contributed by atoms with Gasteiger partial charge in [0, 0.05) is 5.56 Å². The van der Waals surface area contributed by atoms with Gasteiger partial charge in [0.2, 0.25) is 0 Å². The second kappa shape index (κ2) is 2.55. The number of aliphatic hydroxyl groups is 1. The third-order valence-corrected chi connectivity index (χ3v) is 2.73. The molecule has 0 aromatic heterocycles. The summed E-state index contributed by atoms with van der Waals surface area (Å²) in [6.07, 6.45) is 1.38. The van der Waals surface area contributed by atoms with Crippen LogP contribution < -0.4 is 0 Å². The highest BCUT2D eigenvalue weighted by Crippen LogP contribution is 2.47. The number of aryl methyl sites for hydroxylation is 2. The van der Waals surface area contributed by atoms with Crippen LogP contribution in [0.3, 0.4) is 0 Å². The fourth-order valence-electron chi connectivity index (χ4n) is 1.72. The molecule has 1 nitrogen and oxygen atoms in total. The van der Waals surface area contributed by atoms with Gasteiger partial charge in [0.05, 0.1) is 5.60 Å². The topological polar surface area (TPSA) is 20.2 Å². The van der Waals surface area contributed by atoms with E-state index in [0.717, 1.165) is 5.56 Å². The maximum Gasteiger partial charge on any atom is 0.132 e. The second-order valence-electron chi connectivity index (χ2n) is 3.92. The zero-order chi connectivity index (χ0) is 9.64. The number of rotatable bonds is 1. The summed E-state index contributed by atoms with van der Waals surface area (Å²) in [5.74, 6) is -0.236. The number of hydrogen-bond donors (Lipinski definition) is 1. The molecular formula is C11H13FO. The Bertz CT molecular complexity index is 353. The lowest BCUT2D eigenvalue weighted by Crippen LogP contribution is -2.10. The lowest BCUT2D eigenvalue weighted by atomic mass is 9.98. The van der Waals surface area contributed by atoms with Crippen molar-refractivity contribution in [1.82, 2.24) is 0 Å². The Kier molecular flexibility index (Phi) is 1.70. The van der Waals surface area contributed by atoms with Crippen molar-refractivity contribution in [3.63, 3.8) is 0 Å². The number of hydrogen-bond acceptors (Lipinski definition) is 1. The molecule has 1 aliphatic carbocycles. The van der Waals surface area contributed by atoms with Crippen LogP contribution in [0.1, 0.15) is 29.5 Å². The van der Waals surface area contributed by atoms with Crippen LogP contribution in [0.5, 0.6) is 0 Å². The van der Waals surface area contributed by atoms with E-state index in [0.29, 0.717) is 24.0 Å². The molecule has 70 valence electrons. The molecule has 0 atom stereocenters. The van der Waals surface area contributed by atoms with Crippen molar-refractivity contribution in [3.05, 3.63) is 34.6 Å². The third kappa shape index (κ3) is 1.25. The molecule has 0 unspecified atom stereocenters. The molecule has 2 rings (SSSR count). The van der Waals surface area contributed by atoms with E-state index in [9.17, 15) is 9.50 Å². The van der Waals surface area contributed by atoms with E-state index in [1.807, 2.05) is 13.0 Å². The Morgan fingerprint density at radius 3 is 2.31 bits per heavy atom. The Morgan fingerprint density at radius 1 is 1.23 bits per heavy atom. The molecule has 13 heavy (non-hydrogen) atoms. The molecule has 1 aliphatic rings. The molecule has 0 heterocycles. The van der Waals surface area contributed by atoms with Gasteiger partial charge in [0.25, 0.3) is 0 Å². The summed E-state index contributed by atoms with van der Waals surface area (Å²) in [7, 11) is 0. The van der Waals surface area contributed by atoms with Crippen LogP contribution in [0.25, 0.3) is 0 Å². The van der Waals surface area contributed by atoms with Gasteiger partial charge in [-0.3, -0.25) is 0 Å². The van der Waals surface area contributed by atoms with Gasteiger partial charge < -0.3 is 5.11 Å². The first kappa shape index (κ1) is 8.70. The van der Waals surface area contributed by atoms with Crippen LogP contribution in [0.4, 0.5) is 4.39 Å². The summed E-state index contributed by atoms with van der Waals surface area (Å²) in [6.45, 7) is 3.57. The Morgan fingerprint density at radius 2 is 1.77 bits per heavy atom. The normalized spacial score (nSPS) is 18.8. The number of benzene rings is 1. The smallest absolute Gasteiger partial charge is 0.132 e. The van der Waals surface area contributed by atoms with Gasteiger partial charge >= 0.3 is 0 Å². The largest absolute Gasteiger partial charge is 0.385 e. The average Bonchev–Trinajstić information content (AvgIpc) is 2.78. The zero-order valence-corrected chi connectivity index (χ0v) is 7.89. The maximum atomic E-state index is 13.6. The first-order chi connectivity index (χ1) is 6.04. The maximum absolute atomic E-state index is 13.6. The summed E-state index contributed by atoms with van der Waals surface area (Å²) in [4.78, 5) is 0. The Balaban J connectivity index is 2.61. The van der Waals surface area contributed by atoms with Crippen molar-refractivity contribution in [2.45, 2.75) is 32.3 Å². The van der Waals surface area contributed by atoms with E-state index in [-0.39, 0.29) is 5.82 Å². The molecule has 0 saturated heterocycles. The van der Waals surface area contributed by atoms with E-state index in [1.165, 1.54) is 0 Å². The van der Waals surface area contributed by atoms with Crippen LogP contribution >= 0.6 is 0 Å². The molecule has 2 heteroatoms. The van der Waals surface area contributed by atoms with Gasteiger partial charge in [-0.2, -0.15) is 0 Å². The van der Waals surface area contributed by atoms with Crippen molar-refractivity contribution in [2.24, 2.45) is 0 Å². The molecule has 1 saturated carbocycles. The molecule has 0 radical (unpaired) electrons. The summed E-state index contributed by atoms with van der Waals surface area (Å²) in [5, 5.41) is 9.85. The number of halogens is 1. The summed E-state index contributed by atoms with van der Waals surface area (Å²) in [6, 6.07) is 3.62. The standard InChI is InChI=1S/C11H13FO/c1-7-3-4-8(2)10(12)9(7)11(13)5-6-11/h3-4,13H,5-6H2,1-2H3. The quantitative estimate of drug-likeness (QED) is 0.703. The van der Waals surface area contributed by atoms with Gasteiger partial charge in [-0.25, -0.2) is 4.39 Å². The van der Waals surface area contributed by atoms with Crippen molar-refractivity contribution in [2.75, 3.05) is 0 Å². The fraction of sp³-hybridized carbons (Fsp3) is 0.455. The highest BCUT2D eigenvalue weighted by Gasteiger charge is 2.45. The van der Waals surface area contributed by atoms with Gasteiger partial charge in [-0.05, 0) is 37.8 Å². The molecule has 1 fully saturated rings. The highest BCUT2D eigenvalue weighted by molar-refractivity contribution is 5.39. The van der Waals surface area contributed by atoms with Gasteiger partial charge in [0.1, 0.15) is 5.82 Å². The van der Waals surface area contributed by atoms with Gasteiger partial charge in [-0.15, -0.1) is 0 Å². The van der Waals surface area contributed by atoms with E-state index in [4.69, 9.17) is 0 Å². The van der Waals surface area contributed by atoms with E-state index >= 15 is 0 Å². The molecule has 1 aromatic carbocycles. The first-order valence-electron chi connectivity index (χ1n) is 4.53. The monoisotopic (exact) mass is 180 g/mol. The van der Waals surface area contributed by atoms with Crippen LogP contribution in [-0.4, -0.2) is 5.11 Å². The molecule has 0 spiro atoms. The fourth-order valence-corrected chi connectivity index (χ4v) is 1.72. The SMILES string of the molecule is Cc1ccc(C)c(C2(O)CC2)c1F. The Hall–Kier alpha value is -0.890. The van der Waals surface area contributed by atoms with E-state index < -0.39 is 5.60 Å². The Labute approximate surface area is 77.2 Å². The lowest BCUT2D eigenvalue weighted by Gasteiger charge is -2.14. The molecular weight excluding hydrogens is 167 g/mol. The second-order valence-corrected chi connectivity index (χ2v) is 3.92. The molecule has 0 amide bonds. The summed E-state index contributed by atoms with van der Waals surface area (Å²) in [5.41, 5.74) is 1.11. The third-order valence-electron chi connectivity index (χ3n) is 2.73. The lowest BCUT2D eigenvalue weighted by molar-refractivity contribution is 0.146. The zero-order valence-electron chi connectivity index (χ0n) is 7.89. The van der Waals surface area contributed by atoms with Gasteiger partial charge in [0.15, 0.2) is 0 Å². The minimum Gasteiger partial charge on any atom is -0.385 e. The minimum atomic E-state index is -0.861. The van der Waals surface area contributed by atoms with Crippen molar-refractivity contribution in [3.8, 4) is 0 Å². The van der Waals surface area contributed by atoms with Crippen molar-refractivity contribution in [1.29, 1.82) is 0 Å². The van der Waals surface area contributed by atoms with Crippen LogP contribution in [0.2, 0.25) is 0 Å². The predicted molar refractivity (Wildman–Crippen MR) is 49.0 cm³/mol. The highest BCUT2D eigenvalue weighted by atomic mass is 19.1.